The number of carbonyl (C=O) groups is 1. The lowest BCUT2D eigenvalue weighted by atomic mass is 10.0. The van der Waals surface area contributed by atoms with E-state index in [9.17, 15) is 4.79 Å². The molecule has 3 heteroatoms. The third-order valence-electron chi connectivity index (χ3n) is 4.26. The molecule has 1 saturated heterocycles. The van der Waals surface area contributed by atoms with E-state index in [0.29, 0.717) is 0 Å². The van der Waals surface area contributed by atoms with Crippen LogP contribution in [0.5, 0.6) is 0 Å². The van der Waals surface area contributed by atoms with Crippen molar-refractivity contribution in [3.63, 3.8) is 0 Å². The summed E-state index contributed by atoms with van der Waals surface area (Å²) in [6.07, 6.45) is 3.49. The fourth-order valence-electron chi connectivity index (χ4n) is 3.16. The van der Waals surface area contributed by atoms with E-state index in [1.165, 1.54) is 6.42 Å². The lowest BCUT2D eigenvalue weighted by Crippen LogP contribution is -2.45. The molecule has 1 atom stereocenters. The molecular formula is C19H28N2O. The molecule has 1 unspecified atom stereocenters. The molecule has 1 heterocycles. The van der Waals surface area contributed by atoms with Crippen LogP contribution in [0.25, 0.3) is 0 Å². The topological polar surface area (TPSA) is 23.6 Å². The summed E-state index contributed by atoms with van der Waals surface area (Å²) in [4.78, 5) is 17.4. The molecule has 2 rings (SSSR count). The molecule has 0 radical (unpaired) electrons. The zero-order valence-electron chi connectivity index (χ0n) is 13.9. The number of benzene rings is 1. The highest BCUT2D eigenvalue weighted by molar-refractivity contribution is 5.83. The van der Waals surface area contributed by atoms with Gasteiger partial charge in [0, 0.05) is 19.6 Å². The maximum absolute atomic E-state index is 13.1. The molecule has 0 N–H and O–H groups in total. The highest BCUT2D eigenvalue weighted by Gasteiger charge is 2.31. The zero-order chi connectivity index (χ0) is 15.9. The summed E-state index contributed by atoms with van der Waals surface area (Å²) in [6, 6.07) is 9.96. The van der Waals surface area contributed by atoms with Gasteiger partial charge in [-0.1, -0.05) is 49.4 Å². The molecule has 3 nitrogen and oxygen atoms in total. The van der Waals surface area contributed by atoms with E-state index in [0.717, 1.165) is 50.2 Å². The maximum Gasteiger partial charge on any atom is 0.244 e. The molecule has 0 bridgehead atoms. The van der Waals surface area contributed by atoms with Crippen molar-refractivity contribution in [1.29, 1.82) is 0 Å². The number of likely N-dealkylation sites (N-methyl/N-ethyl adjacent to an activating group) is 1. The van der Waals surface area contributed by atoms with Crippen LogP contribution in [-0.4, -0.2) is 41.9 Å². The molecule has 22 heavy (non-hydrogen) atoms. The molecule has 0 aliphatic carbocycles. The Morgan fingerprint density at radius 2 is 1.86 bits per heavy atom. The van der Waals surface area contributed by atoms with Gasteiger partial charge in [0.25, 0.3) is 0 Å². The van der Waals surface area contributed by atoms with Gasteiger partial charge in [-0.2, -0.15) is 0 Å². The van der Waals surface area contributed by atoms with Gasteiger partial charge in [0.05, 0.1) is 0 Å². The molecule has 0 aromatic heterocycles. The second-order valence-corrected chi connectivity index (χ2v) is 6.22. The summed E-state index contributed by atoms with van der Waals surface area (Å²) >= 11 is 0. The first-order valence-electron chi connectivity index (χ1n) is 8.35. The zero-order valence-corrected chi connectivity index (χ0v) is 13.9. The molecule has 1 aromatic carbocycles. The van der Waals surface area contributed by atoms with E-state index < -0.39 is 0 Å². The number of nitrogens with zero attached hydrogens (tertiary/aromatic N) is 2. The lowest BCUT2D eigenvalue weighted by molar-refractivity contribution is -0.138. The molecule has 1 aliphatic heterocycles. The van der Waals surface area contributed by atoms with Gasteiger partial charge >= 0.3 is 0 Å². The van der Waals surface area contributed by atoms with Gasteiger partial charge in [0.2, 0.25) is 5.91 Å². The number of hydrogen-bond acceptors (Lipinski definition) is 2. The molecule has 1 aliphatic rings. The van der Waals surface area contributed by atoms with Crippen molar-refractivity contribution in [2.24, 2.45) is 0 Å². The molecule has 120 valence electrons. The summed E-state index contributed by atoms with van der Waals surface area (Å²) in [5.74, 6) is 0.244. The fraction of sp³-hybridized carbons (Fsp3) is 0.526. The molecule has 1 amide bonds. The van der Waals surface area contributed by atoms with Gasteiger partial charge in [0.15, 0.2) is 0 Å². The normalized spacial score (nSPS) is 16.6. The fourth-order valence-corrected chi connectivity index (χ4v) is 3.16. The van der Waals surface area contributed by atoms with Crippen molar-refractivity contribution in [2.45, 2.75) is 39.2 Å². The van der Waals surface area contributed by atoms with E-state index in [1.54, 1.807) is 0 Å². The third kappa shape index (κ3) is 4.20. The van der Waals surface area contributed by atoms with Crippen molar-refractivity contribution >= 4 is 5.91 Å². The Kier molecular flexibility index (Phi) is 6.20. The van der Waals surface area contributed by atoms with Gasteiger partial charge in [-0.25, -0.2) is 0 Å². The quantitative estimate of drug-likeness (QED) is 0.749. The maximum atomic E-state index is 13.1. The van der Waals surface area contributed by atoms with E-state index in [1.807, 2.05) is 30.0 Å². The summed E-state index contributed by atoms with van der Waals surface area (Å²) in [5.41, 5.74) is 2.18. The van der Waals surface area contributed by atoms with Crippen LogP contribution in [0.1, 0.15) is 44.7 Å². The highest BCUT2D eigenvalue weighted by Crippen LogP contribution is 2.25. The van der Waals surface area contributed by atoms with Crippen LogP contribution >= 0.6 is 0 Å². The summed E-state index contributed by atoms with van der Waals surface area (Å²) in [7, 11) is 0. The van der Waals surface area contributed by atoms with Gasteiger partial charge < -0.3 is 4.90 Å². The minimum Gasteiger partial charge on any atom is -0.341 e. The predicted molar refractivity (Wildman–Crippen MR) is 91.7 cm³/mol. The molecule has 1 aromatic rings. The van der Waals surface area contributed by atoms with Crippen LogP contribution in [-0.2, 0) is 4.79 Å². The largest absolute Gasteiger partial charge is 0.341 e. The van der Waals surface area contributed by atoms with E-state index in [-0.39, 0.29) is 11.9 Å². The number of likely N-dealkylation sites (tertiary alicyclic amines) is 1. The average Bonchev–Trinajstić information content (AvgIpc) is 2.55. The molecule has 0 saturated carbocycles. The van der Waals surface area contributed by atoms with Gasteiger partial charge in [-0.05, 0) is 38.3 Å². The van der Waals surface area contributed by atoms with Gasteiger partial charge in [0.1, 0.15) is 6.04 Å². The second-order valence-electron chi connectivity index (χ2n) is 6.22. The smallest absolute Gasteiger partial charge is 0.244 e. The number of piperidine rings is 1. The molecule has 0 spiro atoms. The van der Waals surface area contributed by atoms with Gasteiger partial charge in [-0.15, -0.1) is 0 Å². The SMILES string of the molecule is C=C(C)CN(CC)C(C(=O)N1CCCCC1)c1ccccc1. The summed E-state index contributed by atoms with van der Waals surface area (Å²) < 4.78 is 0. The minimum atomic E-state index is -0.194. The Labute approximate surface area is 134 Å². The van der Waals surface area contributed by atoms with Crippen molar-refractivity contribution < 1.29 is 4.79 Å². The van der Waals surface area contributed by atoms with Crippen LogP contribution in [0.4, 0.5) is 0 Å². The van der Waals surface area contributed by atoms with Crippen molar-refractivity contribution in [3.8, 4) is 0 Å². The first-order valence-corrected chi connectivity index (χ1v) is 8.35. The monoisotopic (exact) mass is 300 g/mol. The van der Waals surface area contributed by atoms with Crippen LogP contribution in [0.15, 0.2) is 42.5 Å². The molecular weight excluding hydrogens is 272 g/mol. The first kappa shape index (κ1) is 16.8. The molecule has 1 fully saturated rings. The van der Waals surface area contributed by atoms with E-state index in [2.05, 4.69) is 30.5 Å². The Bertz CT molecular complexity index is 491. The third-order valence-corrected chi connectivity index (χ3v) is 4.26. The number of hydrogen-bond donors (Lipinski definition) is 0. The average molecular weight is 300 g/mol. The Morgan fingerprint density at radius 3 is 2.41 bits per heavy atom. The standard InChI is InChI=1S/C19H28N2O/c1-4-20(15-16(2)3)18(17-11-7-5-8-12-17)19(22)21-13-9-6-10-14-21/h5,7-8,11-12,18H,2,4,6,9-10,13-15H2,1,3H3. The van der Waals surface area contributed by atoms with Crippen molar-refractivity contribution in [2.75, 3.05) is 26.2 Å². The van der Waals surface area contributed by atoms with Crippen molar-refractivity contribution in [1.82, 2.24) is 9.80 Å². The van der Waals surface area contributed by atoms with Gasteiger partial charge in [-0.3, -0.25) is 9.69 Å². The van der Waals surface area contributed by atoms with E-state index in [4.69, 9.17) is 0 Å². The predicted octanol–water partition coefficient (Wildman–Crippen LogP) is 3.64. The Balaban J connectivity index is 2.27. The minimum absolute atomic E-state index is 0.194. The van der Waals surface area contributed by atoms with Crippen LogP contribution in [0, 0.1) is 0 Å². The summed E-state index contributed by atoms with van der Waals surface area (Å²) in [5, 5.41) is 0. The number of carbonyl (C=O) groups excluding carboxylic acids is 1. The number of amides is 1. The van der Waals surface area contributed by atoms with Crippen molar-refractivity contribution in [3.05, 3.63) is 48.0 Å². The Hall–Kier alpha value is -1.61. The summed E-state index contributed by atoms with van der Waals surface area (Å²) in [6.45, 7) is 11.6. The second kappa shape index (κ2) is 8.14. The highest BCUT2D eigenvalue weighted by atomic mass is 16.2. The van der Waals surface area contributed by atoms with Crippen LogP contribution in [0.3, 0.4) is 0 Å². The van der Waals surface area contributed by atoms with Crippen LogP contribution in [0.2, 0.25) is 0 Å². The first-order chi connectivity index (χ1) is 10.6. The van der Waals surface area contributed by atoms with E-state index >= 15 is 0 Å². The number of rotatable bonds is 6. The Morgan fingerprint density at radius 1 is 1.23 bits per heavy atom. The lowest BCUT2D eigenvalue weighted by Gasteiger charge is -2.36. The van der Waals surface area contributed by atoms with Crippen LogP contribution < -0.4 is 0 Å².